The summed E-state index contributed by atoms with van der Waals surface area (Å²) < 4.78 is 0.929. The molecule has 2 aromatic rings. The van der Waals surface area contributed by atoms with Crippen LogP contribution >= 0.6 is 15.9 Å². The Morgan fingerprint density at radius 3 is 2.58 bits per heavy atom. The molecule has 2 rings (SSSR count). The first-order valence-electron chi connectivity index (χ1n) is 5.79. The molecule has 94 valence electrons. The van der Waals surface area contributed by atoms with Gasteiger partial charge in [0.1, 0.15) is 0 Å². The molecule has 2 nitrogen and oxygen atoms in total. The normalized spacial score (nSPS) is 9.37. The summed E-state index contributed by atoms with van der Waals surface area (Å²) in [5.74, 6) is 5.07. The maximum atomic E-state index is 11.7. The summed E-state index contributed by atoms with van der Waals surface area (Å²) in [5.41, 5.74) is 2.63. The van der Waals surface area contributed by atoms with Crippen molar-refractivity contribution < 1.29 is 4.79 Å². The fourth-order valence-electron chi connectivity index (χ4n) is 1.62. The zero-order chi connectivity index (χ0) is 13.7. The second kappa shape index (κ2) is 6.21. The van der Waals surface area contributed by atoms with E-state index in [1.807, 2.05) is 55.5 Å². The number of anilines is 1. The predicted octanol–water partition coefficient (Wildman–Crippen LogP) is 3.75. The minimum absolute atomic E-state index is 0.318. The van der Waals surface area contributed by atoms with Crippen LogP contribution < -0.4 is 5.32 Å². The lowest BCUT2D eigenvalue weighted by atomic mass is 10.2. The van der Waals surface area contributed by atoms with E-state index >= 15 is 0 Å². The number of aryl methyl sites for hydroxylation is 1. The SMILES string of the molecule is Cc1cc(Br)cc(NC(=O)C#Cc2ccccc2)c1. The van der Waals surface area contributed by atoms with Crippen LogP contribution in [0.4, 0.5) is 5.69 Å². The van der Waals surface area contributed by atoms with Crippen LogP contribution in [0, 0.1) is 18.8 Å². The van der Waals surface area contributed by atoms with Gasteiger partial charge in [0.15, 0.2) is 0 Å². The van der Waals surface area contributed by atoms with Gasteiger partial charge in [-0.3, -0.25) is 4.79 Å². The Morgan fingerprint density at radius 1 is 1.16 bits per heavy atom. The van der Waals surface area contributed by atoms with E-state index < -0.39 is 0 Å². The molecule has 0 aliphatic carbocycles. The summed E-state index contributed by atoms with van der Waals surface area (Å²) in [4.78, 5) is 11.7. The number of carbonyl (C=O) groups excluding carboxylic acids is 1. The first kappa shape index (κ1) is 13.4. The maximum absolute atomic E-state index is 11.7. The Balaban J connectivity index is 2.08. The van der Waals surface area contributed by atoms with Crippen molar-refractivity contribution in [2.24, 2.45) is 0 Å². The van der Waals surface area contributed by atoms with Crippen LogP contribution in [0.25, 0.3) is 0 Å². The number of amides is 1. The van der Waals surface area contributed by atoms with E-state index in [0.717, 1.165) is 21.3 Å². The maximum Gasteiger partial charge on any atom is 0.300 e. The first-order valence-corrected chi connectivity index (χ1v) is 6.58. The Labute approximate surface area is 121 Å². The number of hydrogen-bond acceptors (Lipinski definition) is 1. The van der Waals surface area contributed by atoms with E-state index in [1.54, 1.807) is 0 Å². The predicted molar refractivity (Wildman–Crippen MR) is 80.8 cm³/mol. The highest BCUT2D eigenvalue weighted by Gasteiger charge is 2.00. The van der Waals surface area contributed by atoms with Gasteiger partial charge in [0.25, 0.3) is 0 Å². The molecular formula is C16H12BrNO. The van der Waals surface area contributed by atoms with Gasteiger partial charge in [0, 0.05) is 21.6 Å². The van der Waals surface area contributed by atoms with Crippen molar-refractivity contribution in [2.75, 3.05) is 5.32 Å². The molecule has 1 amide bonds. The van der Waals surface area contributed by atoms with Gasteiger partial charge in [-0.1, -0.05) is 40.0 Å². The third-order valence-corrected chi connectivity index (χ3v) is 2.85. The van der Waals surface area contributed by atoms with Crippen LogP contribution in [0.3, 0.4) is 0 Å². The van der Waals surface area contributed by atoms with Gasteiger partial charge in [-0.15, -0.1) is 0 Å². The highest BCUT2D eigenvalue weighted by molar-refractivity contribution is 9.10. The van der Waals surface area contributed by atoms with Crippen LogP contribution in [0.1, 0.15) is 11.1 Å². The monoisotopic (exact) mass is 313 g/mol. The molecule has 0 aliphatic heterocycles. The lowest BCUT2D eigenvalue weighted by molar-refractivity contribution is -0.111. The number of nitrogens with one attached hydrogen (secondary N) is 1. The van der Waals surface area contributed by atoms with Crippen LogP contribution in [0.15, 0.2) is 53.0 Å². The average Bonchev–Trinajstić information content (AvgIpc) is 2.36. The minimum atomic E-state index is -0.318. The van der Waals surface area contributed by atoms with E-state index in [-0.39, 0.29) is 5.91 Å². The highest BCUT2D eigenvalue weighted by atomic mass is 79.9. The van der Waals surface area contributed by atoms with Crippen LogP contribution in [0.2, 0.25) is 0 Å². The fourth-order valence-corrected chi connectivity index (χ4v) is 2.23. The molecule has 0 saturated heterocycles. The van der Waals surface area contributed by atoms with E-state index in [0.29, 0.717) is 0 Å². The minimum Gasteiger partial charge on any atom is -0.315 e. The molecule has 0 bridgehead atoms. The van der Waals surface area contributed by atoms with Gasteiger partial charge in [0.2, 0.25) is 0 Å². The van der Waals surface area contributed by atoms with Gasteiger partial charge in [-0.05, 0) is 42.8 Å². The summed E-state index contributed by atoms with van der Waals surface area (Å²) in [6.07, 6.45) is 0. The van der Waals surface area contributed by atoms with Crippen molar-refractivity contribution in [2.45, 2.75) is 6.92 Å². The summed E-state index contributed by atoms with van der Waals surface area (Å²) in [5, 5.41) is 2.75. The number of rotatable bonds is 1. The summed E-state index contributed by atoms with van der Waals surface area (Å²) >= 11 is 3.39. The molecule has 0 fully saturated rings. The highest BCUT2D eigenvalue weighted by Crippen LogP contribution is 2.18. The van der Waals surface area contributed by atoms with Crippen molar-refractivity contribution in [3.05, 3.63) is 64.1 Å². The molecule has 0 spiro atoms. The fraction of sp³-hybridized carbons (Fsp3) is 0.0625. The smallest absolute Gasteiger partial charge is 0.300 e. The van der Waals surface area contributed by atoms with Crippen molar-refractivity contribution >= 4 is 27.5 Å². The molecule has 0 aromatic heterocycles. The summed E-state index contributed by atoms with van der Waals surface area (Å²) in [6, 6.07) is 15.1. The van der Waals surface area contributed by atoms with Gasteiger partial charge < -0.3 is 5.32 Å². The van der Waals surface area contributed by atoms with Crippen molar-refractivity contribution in [1.82, 2.24) is 0 Å². The van der Waals surface area contributed by atoms with Crippen molar-refractivity contribution in [1.29, 1.82) is 0 Å². The Hall–Kier alpha value is -2.05. The molecule has 0 unspecified atom stereocenters. The molecule has 0 aliphatic rings. The molecule has 0 saturated carbocycles. The summed E-state index contributed by atoms with van der Waals surface area (Å²) in [6.45, 7) is 1.97. The lowest BCUT2D eigenvalue weighted by Gasteiger charge is -2.03. The average molecular weight is 314 g/mol. The second-order valence-corrected chi connectivity index (χ2v) is 5.00. The zero-order valence-electron chi connectivity index (χ0n) is 10.4. The van der Waals surface area contributed by atoms with E-state index in [9.17, 15) is 4.79 Å². The topological polar surface area (TPSA) is 29.1 Å². The molecule has 2 aromatic carbocycles. The molecule has 0 heterocycles. The summed E-state index contributed by atoms with van der Waals surface area (Å²) in [7, 11) is 0. The van der Waals surface area contributed by atoms with Gasteiger partial charge in [0.05, 0.1) is 0 Å². The van der Waals surface area contributed by atoms with E-state index in [2.05, 4.69) is 33.1 Å². The van der Waals surface area contributed by atoms with E-state index in [4.69, 9.17) is 0 Å². The number of benzene rings is 2. The molecule has 19 heavy (non-hydrogen) atoms. The van der Waals surface area contributed by atoms with Gasteiger partial charge >= 0.3 is 5.91 Å². The van der Waals surface area contributed by atoms with Crippen LogP contribution in [0.5, 0.6) is 0 Å². The number of carbonyl (C=O) groups is 1. The van der Waals surface area contributed by atoms with Crippen molar-refractivity contribution in [3.8, 4) is 11.8 Å². The van der Waals surface area contributed by atoms with Crippen molar-refractivity contribution in [3.63, 3.8) is 0 Å². The lowest BCUT2D eigenvalue weighted by Crippen LogP contribution is -2.08. The van der Waals surface area contributed by atoms with Gasteiger partial charge in [-0.25, -0.2) is 0 Å². The third kappa shape index (κ3) is 4.27. The van der Waals surface area contributed by atoms with Crippen LogP contribution in [-0.2, 0) is 4.79 Å². The second-order valence-electron chi connectivity index (χ2n) is 4.09. The van der Waals surface area contributed by atoms with E-state index in [1.165, 1.54) is 0 Å². The Bertz CT molecular complexity index is 633. The largest absolute Gasteiger partial charge is 0.315 e. The Kier molecular flexibility index (Phi) is 4.38. The molecule has 0 atom stereocenters. The van der Waals surface area contributed by atoms with Gasteiger partial charge in [-0.2, -0.15) is 0 Å². The third-order valence-electron chi connectivity index (χ3n) is 2.39. The molecular weight excluding hydrogens is 302 g/mol. The van der Waals surface area contributed by atoms with Crippen LogP contribution in [-0.4, -0.2) is 5.91 Å². The number of hydrogen-bond donors (Lipinski definition) is 1. The quantitative estimate of drug-likeness (QED) is 0.798. The molecule has 3 heteroatoms. The zero-order valence-corrected chi connectivity index (χ0v) is 12.0. The Morgan fingerprint density at radius 2 is 1.89 bits per heavy atom. The molecule has 0 radical (unpaired) electrons. The molecule has 1 N–H and O–H groups in total. The first-order chi connectivity index (χ1) is 9.13. The standard InChI is InChI=1S/C16H12BrNO/c1-12-9-14(17)11-15(10-12)18-16(19)8-7-13-5-3-2-4-6-13/h2-6,9-11H,1H3,(H,18,19). The number of halogens is 1.